The number of fused-ring (bicyclic) bond motifs is 1. The molecule has 1 aliphatic carbocycles. The number of carbonyl (C=O) groups excluding carboxylic acids is 1. The Labute approximate surface area is 181 Å². The SMILES string of the molecule is O=C(NC1CCC(CCN2CCN(c3nccc4c3CCO4)CC2)CC1)C(F)C(F)F. The van der Waals surface area contributed by atoms with E-state index in [1.54, 1.807) is 0 Å². The number of hydrogen-bond acceptors (Lipinski definition) is 5. The fourth-order valence-electron chi connectivity index (χ4n) is 4.91. The first-order chi connectivity index (χ1) is 15.0. The Hall–Kier alpha value is -2.03. The van der Waals surface area contributed by atoms with Crippen molar-refractivity contribution < 1.29 is 22.7 Å². The van der Waals surface area contributed by atoms with Gasteiger partial charge in [-0.05, 0) is 50.6 Å². The number of piperazine rings is 1. The second kappa shape index (κ2) is 10.1. The van der Waals surface area contributed by atoms with Crippen molar-refractivity contribution in [1.29, 1.82) is 0 Å². The van der Waals surface area contributed by atoms with Crippen molar-refractivity contribution in [3.05, 3.63) is 17.8 Å². The highest BCUT2D eigenvalue weighted by atomic mass is 19.3. The van der Waals surface area contributed by atoms with Crippen LogP contribution in [0.2, 0.25) is 0 Å². The third-order valence-electron chi connectivity index (χ3n) is 6.79. The van der Waals surface area contributed by atoms with Gasteiger partial charge in [-0.25, -0.2) is 18.2 Å². The minimum absolute atomic E-state index is 0.187. The molecule has 1 amide bonds. The maximum atomic E-state index is 13.1. The molecule has 172 valence electrons. The Morgan fingerprint density at radius 2 is 1.90 bits per heavy atom. The molecule has 9 heteroatoms. The molecule has 2 fully saturated rings. The van der Waals surface area contributed by atoms with Crippen molar-refractivity contribution in [2.75, 3.05) is 44.2 Å². The summed E-state index contributed by atoms with van der Waals surface area (Å²) in [6.07, 6.45) is 1.20. The molecule has 2 aliphatic heterocycles. The Morgan fingerprint density at radius 1 is 1.16 bits per heavy atom. The summed E-state index contributed by atoms with van der Waals surface area (Å²) < 4.78 is 43.3. The first kappa shape index (κ1) is 22.2. The highest BCUT2D eigenvalue weighted by molar-refractivity contribution is 5.81. The summed E-state index contributed by atoms with van der Waals surface area (Å²) in [5.41, 5.74) is 1.23. The molecule has 1 aromatic rings. The van der Waals surface area contributed by atoms with Crippen LogP contribution >= 0.6 is 0 Å². The number of ether oxygens (including phenoxy) is 1. The Kier molecular flexibility index (Phi) is 7.20. The molecule has 1 atom stereocenters. The van der Waals surface area contributed by atoms with E-state index >= 15 is 0 Å². The van der Waals surface area contributed by atoms with Crippen LogP contribution in [-0.2, 0) is 11.2 Å². The van der Waals surface area contributed by atoms with E-state index in [1.807, 2.05) is 12.3 Å². The van der Waals surface area contributed by atoms with E-state index in [0.717, 1.165) is 89.4 Å². The molecule has 3 aliphatic rings. The monoisotopic (exact) mass is 440 g/mol. The van der Waals surface area contributed by atoms with Crippen LogP contribution in [0.3, 0.4) is 0 Å². The van der Waals surface area contributed by atoms with Crippen molar-refractivity contribution in [2.24, 2.45) is 5.92 Å². The summed E-state index contributed by atoms with van der Waals surface area (Å²) in [5.74, 6) is 1.42. The molecule has 31 heavy (non-hydrogen) atoms. The number of nitrogens with one attached hydrogen (secondary N) is 1. The smallest absolute Gasteiger partial charge is 0.278 e. The molecule has 0 bridgehead atoms. The summed E-state index contributed by atoms with van der Waals surface area (Å²) in [6, 6.07) is 1.75. The van der Waals surface area contributed by atoms with Gasteiger partial charge in [-0.3, -0.25) is 9.69 Å². The first-order valence-electron chi connectivity index (χ1n) is 11.3. The van der Waals surface area contributed by atoms with Crippen molar-refractivity contribution in [1.82, 2.24) is 15.2 Å². The number of hydrogen-bond donors (Lipinski definition) is 1. The Morgan fingerprint density at radius 3 is 2.61 bits per heavy atom. The summed E-state index contributed by atoms with van der Waals surface area (Å²) in [5, 5.41) is 2.44. The van der Waals surface area contributed by atoms with Crippen LogP contribution < -0.4 is 15.0 Å². The lowest BCUT2D eigenvalue weighted by Crippen LogP contribution is -2.47. The zero-order chi connectivity index (χ0) is 21.8. The van der Waals surface area contributed by atoms with Gasteiger partial charge in [0, 0.05) is 50.4 Å². The van der Waals surface area contributed by atoms with Crippen LogP contribution in [0.5, 0.6) is 5.75 Å². The van der Waals surface area contributed by atoms with Gasteiger partial charge in [0.05, 0.1) is 6.61 Å². The second-order valence-corrected chi connectivity index (χ2v) is 8.79. The van der Waals surface area contributed by atoms with E-state index in [-0.39, 0.29) is 6.04 Å². The minimum Gasteiger partial charge on any atom is -0.493 e. The lowest BCUT2D eigenvalue weighted by atomic mass is 9.84. The molecule has 1 saturated carbocycles. The van der Waals surface area contributed by atoms with Crippen LogP contribution in [0.4, 0.5) is 19.0 Å². The molecule has 0 radical (unpaired) electrons. The lowest BCUT2D eigenvalue weighted by Gasteiger charge is -2.37. The fourth-order valence-corrected chi connectivity index (χ4v) is 4.91. The molecule has 6 nitrogen and oxygen atoms in total. The topological polar surface area (TPSA) is 57.7 Å². The van der Waals surface area contributed by atoms with Crippen molar-refractivity contribution >= 4 is 11.7 Å². The third kappa shape index (κ3) is 5.42. The number of aromatic nitrogens is 1. The molecule has 0 aromatic carbocycles. The predicted octanol–water partition coefficient (Wildman–Crippen LogP) is 2.81. The number of amides is 1. The average Bonchev–Trinajstić information content (AvgIpc) is 3.27. The summed E-state index contributed by atoms with van der Waals surface area (Å²) in [4.78, 5) is 20.9. The fraction of sp³-hybridized carbons (Fsp3) is 0.727. The maximum Gasteiger partial charge on any atom is 0.278 e. The van der Waals surface area contributed by atoms with E-state index in [2.05, 4.69) is 20.1 Å². The van der Waals surface area contributed by atoms with Crippen LogP contribution in [0.1, 0.15) is 37.7 Å². The van der Waals surface area contributed by atoms with Crippen LogP contribution in [0.15, 0.2) is 12.3 Å². The van der Waals surface area contributed by atoms with Gasteiger partial charge in [-0.1, -0.05) is 0 Å². The summed E-state index contributed by atoms with van der Waals surface area (Å²) >= 11 is 0. The largest absolute Gasteiger partial charge is 0.493 e. The van der Waals surface area contributed by atoms with E-state index in [9.17, 15) is 18.0 Å². The van der Waals surface area contributed by atoms with Crippen molar-refractivity contribution in [3.63, 3.8) is 0 Å². The Bertz CT molecular complexity index is 750. The van der Waals surface area contributed by atoms with Gasteiger partial charge in [0.2, 0.25) is 6.17 Å². The summed E-state index contributed by atoms with van der Waals surface area (Å²) in [6.45, 7) is 5.69. The summed E-state index contributed by atoms with van der Waals surface area (Å²) in [7, 11) is 0. The van der Waals surface area contributed by atoms with Crippen LogP contribution in [-0.4, -0.2) is 73.8 Å². The zero-order valence-electron chi connectivity index (χ0n) is 17.7. The number of carbonyl (C=O) groups is 1. The van der Waals surface area contributed by atoms with Gasteiger partial charge < -0.3 is 15.0 Å². The zero-order valence-corrected chi connectivity index (χ0v) is 17.7. The highest BCUT2D eigenvalue weighted by Crippen LogP contribution is 2.32. The molecular weight excluding hydrogens is 409 g/mol. The molecule has 4 rings (SSSR count). The highest BCUT2D eigenvalue weighted by Gasteiger charge is 2.31. The lowest BCUT2D eigenvalue weighted by molar-refractivity contribution is -0.132. The number of halogens is 3. The standard InChI is InChI=1S/C22H31F3N4O2/c23-19(20(24)25)22(30)27-16-3-1-15(2-4-16)6-9-28-10-12-29(13-11-28)21-17-7-14-31-18(17)5-8-26-21/h5,8,15-16,19-20H,1-4,6-7,9-14H2,(H,27,30). The van der Waals surface area contributed by atoms with E-state index in [0.29, 0.717) is 5.92 Å². The Balaban J connectivity index is 1.15. The molecule has 0 spiro atoms. The van der Waals surface area contributed by atoms with Gasteiger partial charge >= 0.3 is 0 Å². The van der Waals surface area contributed by atoms with Gasteiger partial charge in [0.15, 0.2) is 0 Å². The molecule has 1 unspecified atom stereocenters. The number of anilines is 1. The average molecular weight is 441 g/mol. The van der Waals surface area contributed by atoms with E-state index in [1.165, 1.54) is 5.56 Å². The van der Waals surface area contributed by atoms with Gasteiger partial charge in [-0.2, -0.15) is 0 Å². The molecule has 1 aromatic heterocycles. The van der Waals surface area contributed by atoms with Crippen molar-refractivity contribution in [3.8, 4) is 5.75 Å². The predicted molar refractivity (Wildman–Crippen MR) is 111 cm³/mol. The normalized spacial score (nSPS) is 25.2. The van der Waals surface area contributed by atoms with Crippen molar-refractivity contribution in [2.45, 2.75) is 57.2 Å². The van der Waals surface area contributed by atoms with Gasteiger partial charge in [0.25, 0.3) is 12.3 Å². The second-order valence-electron chi connectivity index (χ2n) is 8.79. The maximum absolute atomic E-state index is 13.1. The minimum atomic E-state index is -3.26. The first-order valence-corrected chi connectivity index (χ1v) is 11.3. The van der Waals surface area contributed by atoms with E-state index < -0.39 is 18.5 Å². The van der Waals surface area contributed by atoms with Gasteiger partial charge in [-0.15, -0.1) is 0 Å². The number of rotatable bonds is 7. The third-order valence-corrected chi connectivity index (χ3v) is 6.79. The van der Waals surface area contributed by atoms with Crippen LogP contribution in [0, 0.1) is 5.92 Å². The number of nitrogens with zero attached hydrogens (tertiary/aromatic N) is 3. The molecule has 1 saturated heterocycles. The molecule has 1 N–H and O–H groups in total. The molecule has 3 heterocycles. The quantitative estimate of drug-likeness (QED) is 0.707. The van der Waals surface area contributed by atoms with Crippen LogP contribution in [0.25, 0.3) is 0 Å². The van der Waals surface area contributed by atoms with Gasteiger partial charge in [0.1, 0.15) is 11.6 Å². The molecular formula is C22H31F3N4O2. The number of alkyl halides is 3. The number of pyridine rings is 1. The van der Waals surface area contributed by atoms with E-state index in [4.69, 9.17) is 4.74 Å².